The highest BCUT2D eigenvalue weighted by Crippen LogP contribution is 2.56. The molecule has 2 aliphatic rings. The summed E-state index contributed by atoms with van der Waals surface area (Å²) in [7, 11) is 0. The largest absolute Gasteiger partial charge is 0.299 e. The molecule has 0 radical (unpaired) electrons. The minimum absolute atomic E-state index is 0.315. The Hall–Kier alpha value is -0.330. The van der Waals surface area contributed by atoms with Crippen LogP contribution in [0.3, 0.4) is 0 Å². The van der Waals surface area contributed by atoms with E-state index in [1.54, 1.807) is 0 Å². The van der Waals surface area contributed by atoms with Crippen LogP contribution in [0.5, 0.6) is 0 Å². The molecule has 3 unspecified atom stereocenters. The van der Waals surface area contributed by atoms with Gasteiger partial charge in [-0.1, -0.05) is 26.7 Å². The molecule has 0 aliphatic heterocycles. The maximum atomic E-state index is 11.9. The van der Waals surface area contributed by atoms with Gasteiger partial charge in [0.05, 0.1) is 0 Å². The second-order valence-corrected chi connectivity index (χ2v) is 4.85. The van der Waals surface area contributed by atoms with E-state index in [0.29, 0.717) is 17.6 Å². The predicted molar refractivity (Wildman–Crippen MR) is 53.4 cm³/mol. The summed E-state index contributed by atoms with van der Waals surface area (Å²) in [6, 6.07) is 0. The van der Waals surface area contributed by atoms with Gasteiger partial charge in [0, 0.05) is 11.8 Å². The summed E-state index contributed by atoms with van der Waals surface area (Å²) in [5.74, 6) is 2.97. The van der Waals surface area contributed by atoms with Crippen LogP contribution < -0.4 is 0 Å². The maximum Gasteiger partial charge on any atom is 0.139 e. The predicted octanol–water partition coefficient (Wildman–Crippen LogP) is 3.04. The lowest BCUT2D eigenvalue weighted by Crippen LogP contribution is -2.13. The Morgan fingerprint density at radius 1 is 1.31 bits per heavy atom. The summed E-state index contributed by atoms with van der Waals surface area (Å²) in [5, 5.41) is 0. The van der Waals surface area contributed by atoms with Crippen molar-refractivity contribution in [3.8, 4) is 0 Å². The molecule has 0 amide bonds. The average molecular weight is 180 g/mol. The van der Waals surface area contributed by atoms with Gasteiger partial charge in [-0.05, 0) is 31.1 Å². The Balaban J connectivity index is 1.93. The fourth-order valence-electron chi connectivity index (χ4n) is 2.94. The number of rotatable bonds is 3. The van der Waals surface area contributed by atoms with E-state index < -0.39 is 0 Å². The monoisotopic (exact) mass is 180 g/mol. The first-order valence-electron chi connectivity index (χ1n) is 5.79. The van der Waals surface area contributed by atoms with Gasteiger partial charge in [-0.15, -0.1) is 0 Å². The van der Waals surface area contributed by atoms with Gasteiger partial charge in [-0.2, -0.15) is 0 Å². The molecular formula is C12H20O. The minimum atomic E-state index is 0.315. The number of hydrogen-bond donors (Lipinski definition) is 0. The molecule has 2 saturated carbocycles. The molecule has 0 N–H and O–H groups in total. The number of fused-ring (bicyclic) bond motifs is 1. The van der Waals surface area contributed by atoms with E-state index in [9.17, 15) is 4.79 Å². The van der Waals surface area contributed by atoms with Gasteiger partial charge in [0.15, 0.2) is 0 Å². The molecule has 1 heteroatoms. The van der Waals surface area contributed by atoms with Crippen LogP contribution in [0.2, 0.25) is 0 Å². The van der Waals surface area contributed by atoms with Crippen LogP contribution in [0.25, 0.3) is 0 Å². The topological polar surface area (TPSA) is 17.1 Å². The Bertz CT molecular complexity index is 197. The summed E-state index contributed by atoms with van der Waals surface area (Å²) >= 11 is 0. The van der Waals surface area contributed by atoms with Gasteiger partial charge in [-0.25, -0.2) is 0 Å². The molecule has 0 spiro atoms. The highest BCUT2D eigenvalue weighted by atomic mass is 16.1. The Kier molecular flexibility index (Phi) is 2.44. The van der Waals surface area contributed by atoms with E-state index in [1.807, 2.05) is 0 Å². The van der Waals surface area contributed by atoms with Gasteiger partial charge in [-0.3, -0.25) is 4.79 Å². The van der Waals surface area contributed by atoms with E-state index in [2.05, 4.69) is 13.8 Å². The summed E-state index contributed by atoms with van der Waals surface area (Å²) in [6.45, 7) is 4.21. The first kappa shape index (κ1) is 9.23. The number of hydrogen-bond acceptors (Lipinski definition) is 1. The van der Waals surface area contributed by atoms with Crippen molar-refractivity contribution in [3.63, 3.8) is 0 Å². The first-order valence-corrected chi connectivity index (χ1v) is 5.79. The summed E-state index contributed by atoms with van der Waals surface area (Å²) in [6.07, 6.45) is 6.42. The third-order valence-corrected chi connectivity index (χ3v) is 4.08. The van der Waals surface area contributed by atoms with E-state index in [4.69, 9.17) is 0 Å². The molecule has 2 aliphatic carbocycles. The molecule has 2 rings (SSSR count). The van der Waals surface area contributed by atoms with Crippen LogP contribution >= 0.6 is 0 Å². The molecule has 0 saturated heterocycles. The average Bonchev–Trinajstić information content (AvgIpc) is 2.89. The summed E-state index contributed by atoms with van der Waals surface area (Å²) in [4.78, 5) is 11.9. The smallest absolute Gasteiger partial charge is 0.139 e. The van der Waals surface area contributed by atoms with E-state index in [0.717, 1.165) is 18.3 Å². The van der Waals surface area contributed by atoms with Crippen LogP contribution in [-0.4, -0.2) is 5.78 Å². The Morgan fingerprint density at radius 3 is 2.31 bits per heavy atom. The quantitative estimate of drug-likeness (QED) is 0.652. The van der Waals surface area contributed by atoms with Crippen LogP contribution in [0.4, 0.5) is 0 Å². The van der Waals surface area contributed by atoms with Crippen molar-refractivity contribution in [1.82, 2.24) is 0 Å². The van der Waals surface area contributed by atoms with Crippen LogP contribution in [0, 0.1) is 23.7 Å². The molecule has 3 atom stereocenters. The van der Waals surface area contributed by atoms with E-state index in [-0.39, 0.29) is 0 Å². The highest BCUT2D eigenvalue weighted by molar-refractivity contribution is 5.86. The zero-order chi connectivity index (χ0) is 9.42. The fraction of sp³-hybridized carbons (Fsp3) is 0.917. The second-order valence-electron chi connectivity index (χ2n) is 4.85. The number of carbonyl (C=O) groups is 1. The fourth-order valence-corrected chi connectivity index (χ4v) is 2.94. The summed E-state index contributed by atoms with van der Waals surface area (Å²) in [5.41, 5.74) is 0. The van der Waals surface area contributed by atoms with Gasteiger partial charge in [0.1, 0.15) is 5.78 Å². The molecule has 1 nitrogen and oxygen atoms in total. The summed E-state index contributed by atoms with van der Waals surface area (Å²) < 4.78 is 0. The molecule has 0 aromatic rings. The third kappa shape index (κ3) is 1.53. The highest BCUT2D eigenvalue weighted by Gasteiger charge is 2.54. The molecule has 0 heterocycles. The van der Waals surface area contributed by atoms with Crippen LogP contribution in [0.15, 0.2) is 0 Å². The lowest BCUT2D eigenvalue weighted by molar-refractivity contribution is -0.124. The van der Waals surface area contributed by atoms with E-state index >= 15 is 0 Å². The van der Waals surface area contributed by atoms with Gasteiger partial charge >= 0.3 is 0 Å². The van der Waals surface area contributed by atoms with Crippen molar-refractivity contribution < 1.29 is 4.79 Å². The normalized spacial score (nSPS) is 39.4. The second kappa shape index (κ2) is 3.43. The van der Waals surface area contributed by atoms with Crippen molar-refractivity contribution in [3.05, 3.63) is 0 Å². The Labute approximate surface area is 80.9 Å². The molecule has 0 aromatic carbocycles. The minimum Gasteiger partial charge on any atom is -0.299 e. The van der Waals surface area contributed by atoms with Crippen molar-refractivity contribution in [2.45, 2.75) is 46.0 Å². The Morgan fingerprint density at radius 2 is 1.85 bits per heavy atom. The zero-order valence-corrected chi connectivity index (χ0v) is 8.75. The van der Waals surface area contributed by atoms with Crippen LogP contribution in [0.1, 0.15) is 46.0 Å². The van der Waals surface area contributed by atoms with Gasteiger partial charge in [0.25, 0.3) is 0 Å². The third-order valence-electron chi connectivity index (χ3n) is 4.08. The van der Waals surface area contributed by atoms with E-state index in [1.165, 1.54) is 25.7 Å². The van der Waals surface area contributed by atoms with Crippen molar-refractivity contribution >= 4 is 5.78 Å². The van der Waals surface area contributed by atoms with Crippen molar-refractivity contribution in [2.24, 2.45) is 23.7 Å². The number of ketones is 1. The lowest BCUT2D eigenvalue weighted by Gasteiger charge is -2.05. The van der Waals surface area contributed by atoms with Crippen LogP contribution in [-0.2, 0) is 4.79 Å². The number of carbonyl (C=O) groups excluding carboxylic acids is 1. The maximum absolute atomic E-state index is 11.9. The van der Waals surface area contributed by atoms with Crippen molar-refractivity contribution in [2.75, 3.05) is 0 Å². The molecule has 13 heavy (non-hydrogen) atoms. The molecule has 74 valence electrons. The van der Waals surface area contributed by atoms with Gasteiger partial charge in [0.2, 0.25) is 0 Å². The number of Topliss-reactive ketones (excluding diaryl/α,β-unsaturated/α-hetero) is 1. The first-order chi connectivity index (χ1) is 6.25. The molecule has 2 fully saturated rings. The van der Waals surface area contributed by atoms with Gasteiger partial charge < -0.3 is 0 Å². The zero-order valence-electron chi connectivity index (χ0n) is 8.75. The van der Waals surface area contributed by atoms with Crippen molar-refractivity contribution in [1.29, 1.82) is 0 Å². The SMILES string of the molecule is CCC(C)C(=O)C1C2CCCCC21. The molecule has 0 bridgehead atoms. The standard InChI is InChI=1S/C12H20O/c1-3-8(2)12(13)11-9-6-4-5-7-10(9)11/h8-11H,3-7H2,1-2H3. The molecular weight excluding hydrogens is 160 g/mol. The lowest BCUT2D eigenvalue weighted by atomic mass is 9.98. The molecule has 0 aromatic heterocycles.